The fourth-order valence-electron chi connectivity index (χ4n) is 2.80. The number of pyridine rings is 1. The number of halogens is 1. The maximum absolute atomic E-state index is 6.25. The zero-order valence-corrected chi connectivity index (χ0v) is 13.0. The van der Waals surface area contributed by atoms with Crippen LogP contribution in [0.4, 0.5) is 0 Å². The largest absolute Gasteiger partial charge is 0.376 e. The second kappa shape index (κ2) is 6.59. The molecule has 21 heavy (non-hydrogen) atoms. The summed E-state index contributed by atoms with van der Waals surface area (Å²) in [6.07, 6.45) is 6.81. The van der Waals surface area contributed by atoms with Gasteiger partial charge in [-0.05, 0) is 36.8 Å². The smallest absolute Gasteiger partial charge is 0.135 e. The van der Waals surface area contributed by atoms with Crippen molar-refractivity contribution in [2.45, 2.75) is 26.4 Å². The predicted molar refractivity (Wildman–Crippen MR) is 87.4 cm³/mol. The lowest BCUT2D eigenvalue weighted by atomic mass is 9.85. The summed E-state index contributed by atoms with van der Waals surface area (Å²) >= 11 is 6.25. The number of hydrogen-bond donors (Lipinski definition) is 0. The standard InChI is InChI=1S/C18H20ClNO/c1-13-6-2-3-8-15(13)11-21-12-16-10-14-7-4-5-9-17(14)20-18(16)19/h2-5,7,9-10,13,15H,6,8,11-12H2,1H3. The first-order valence-corrected chi connectivity index (χ1v) is 7.89. The zero-order valence-electron chi connectivity index (χ0n) is 12.3. The van der Waals surface area contributed by atoms with Gasteiger partial charge in [-0.3, -0.25) is 0 Å². The van der Waals surface area contributed by atoms with E-state index in [0.29, 0.717) is 23.6 Å². The number of fused-ring (bicyclic) bond motifs is 1. The highest BCUT2D eigenvalue weighted by atomic mass is 35.5. The molecule has 0 radical (unpaired) electrons. The summed E-state index contributed by atoms with van der Waals surface area (Å²) in [7, 11) is 0. The summed E-state index contributed by atoms with van der Waals surface area (Å²) in [6.45, 7) is 3.61. The molecule has 0 saturated carbocycles. The van der Waals surface area contributed by atoms with E-state index in [4.69, 9.17) is 16.3 Å². The molecular weight excluding hydrogens is 282 g/mol. The van der Waals surface area contributed by atoms with E-state index in [0.717, 1.165) is 35.9 Å². The molecule has 2 nitrogen and oxygen atoms in total. The number of nitrogens with zero attached hydrogens (tertiary/aromatic N) is 1. The number of benzene rings is 1. The van der Waals surface area contributed by atoms with Crippen LogP contribution in [-0.2, 0) is 11.3 Å². The van der Waals surface area contributed by atoms with Gasteiger partial charge in [-0.25, -0.2) is 4.98 Å². The van der Waals surface area contributed by atoms with Crippen LogP contribution in [-0.4, -0.2) is 11.6 Å². The van der Waals surface area contributed by atoms with Crippen molar-refractivity contribution in [2.24, 2.45) is 11.8 Å². The second-order valence-electron chi connectivity index (χ2n) is 5.83. The average molecular weight is 302 g/mol. The lowest BCUT2D eigenvalue weighted by Gasteiger charge is -2.25. The predicted octanol–water partition coefficient (Wildman–Crippen LogP) is 5.01. The molecule has 3 heteroatoms. The quantitative estimate of drug-likeness (QED) is 0.585. The van der Waals surface area contributed by atoms with E-state index >= 15 is 0 Å². The Labute approximate surface area is 130 Å². The molecule has 0 amide bonds. The van der Waals surface area contributed by atoms with Gasteiger partial charge in [-0.1, -0.05) is 48.9 Å². The Balaban J connectivity index is 1.65. The van der Waals surface area contributed by atoms with Crippen molar-refractivity contribution in [1.82, 2.24) is 4.98 Å². The van der Waals surface area contributed by atoms with Crippen LogP contribution in [0.2, 0.25) is 5.15 Å². The molecule has 110 valence electrons. The molecule has 2 atom stereocenters. The Bertz CT molecular complexity index is 653. The van der Waals surface area contributed by atoms with Gasteiger partial charge in [0.05, 0.1) is 18.7 Å². The van der Waals surface area contributed by atoms with E-state index in [1.165, 1.54) is 0 Å². The monoisotopic (exact) mass is 301 g/mol. The molecule has 0 spiro atoms. The van der Waals surface area contributed by atoms with Crippen LogP contribution in [0.1, 0.15) is 25.3 Å². The zero-order chi connectivity index (χ0) is 14.7. The maximum atomic E-state index is 6.25. The highest BCUT2D eigenvalue weighted by Crippen LogP contribution is 2.26. The fraction of sp³-hybridized carbons (Fsp3) is 0.389. The number of aromatic nitrogens is 1. The van der Waals surface area contributed by atoms with Crippen molar-refractivity contribution >= 4 is 22.5 Å². The van der Waals surface area contributed by atoms with E-state index in [1.54, 1.807) is 0 Å². The van der Waals surface area contributed by atoms with Crippen molar-refractivity contribution in [3.63, 3.8) is 0 Å². The SMILES string of the molecule is CC1CC=CCC1COCc1cc2ccccc2nc1Cl. The van der Waals surface area contributed by atoms with E-state index in [2.05, 4.69) is 36.2 Å². The Morgan fingerprint density at radius 3 is 2.90 bits per heavy atom. The van der Waals surface area contributed by atoms with Crippen LogP contribution in [0.5, 0.6) is 0 Å². The highest BCUT2D eigenvalue weighted by Gasteiger charge is 2.18. The van der Waals surface area contributed by atoms with Gasteiger partial charge in [-0.2, -0.15) is 0 Å². The molecule has 3 rings (SSSR count). The fourth-order valence-corrected chi connectivity index (χ4v) is 3.00. The molecule has 1 aliphatic carbocycles. The first-order valence-electron chi connectivity index (χ1n) is 7.51. The molecule has 1 heterocycles. The number of hydrogen-bond acceptors (Lipinski definition) is 2. The van der Waals surface area contributed by atoms with E-state index < -0.39 is 0 Å². The van der Waals surface area contributed by atoms with Crippen molar-refractivity contribution in [2.75, 3.05) is 6.61 Å². The van der Waals surface area contributed by atoms with Gasteiger partial charge in [-0.15, -0.1) is 0 Å². The lowest BCUT2D eigenvalue weighted by molar-refractivity contribution is 0.0680. The first kappa shape index (κ1) is 14.6. The second-order valence-corrected chi connectivity index (χ2v) is 6.18. The minimum Gasteiger partial charge on any atom is -0.376 e. The molecule has 0 bridgehead atoms. The minimum atomic E-state index is 0.531. The molecule has 1 aromatic carbocycles. The summed E-state index contributed by atoms with van der Waals surface area (Å²) in [4.78, 5) is 4.43. The van der Waals surface area contributed by atoms with Crippen molar-refractivity contribution in [1.29, 1.82) is 0 Å². The maximum Gasteiger partial charge on any atom is 0.135 e. The van der Waals surface area contributed by atoms with Crippen molar-refractivity contribution in [3.05, 3.63) is 53.2 Å². The summed E-state index contributed by atoms with van der Waals surface area (Å²) < 4.78 is 5.90. The highest BCUT2D eigenvalue weighted by molar-refractivity contribution is 6.30. The third-order valence-corrected chi connectivity index (χ3v) is 4.58. The number of para-hydroxylation sites is 1. The van der Waals surface area contributed by atoms with Gasteiger partial charge in [0, 0.05) is 10.9 Å². The molecule has 0 fully saturated rings. The van der Waals surface area contributed by atoms with Crippen molar-refractivity contribution < 1.29 is 4.74 Å². The summed E-state index contributed by atoms with van der Waals surface area (Å²) in [5.74, 6) is 1.31. The molecular formula is C18H20ClNO. The lowest BCUT2D eigenvalue weighted by Crippen LogP contribution is -2.19. The molecule has 2 aromatic rings. The first-order chi connectivity index (χ1) is 10.2. The van der Waals surface area contributed by atoms with Crippen LogP contribution in [0.25, 0.3) is 10.9 Å². The van der Waals surface area contributed by atoms with Gasteiger partial charge in [0.15, 0.2) is 0 Å². The topological polar surface area (TPSA) is 22.1 Å². The number of ether oxygens (including phenoxy) is 1. The number of rotatable bonds is 4. The number of allylic oxidation sites excluding steroid dienone is 2. The Hall–Kier alpha value is -1.38. The van der Waals surface area contributed by atoms with Gasteiger partial charge in [0.25, 0.3) is 0 Å². The summed E-state index contributed by atoms with van der Waals surface area (Å²) in [5.41, 5.74) is 1.90. The van der Waals surface area contributed by atoms with Crippen molar-refractivity contribution in [3.8, 4) is 0 Å². The van der Waals surface area contributed by atoms with E-state index in [1.807, 2.05) is 18.2 Å². The third-order valence-electron chi connectivity index (χ3n) is 4.26. The van der Waals surface area contributed by atoms with Gasteiger partial charge in [0.1, 0.15) is 5.15 Å². The van der Waals surface area contributed by atoms with E-state index in [-0.39, 0.29) is 0 Å². The molecule has 2 unspecified atom stereocenters. The Kier molecular flexibility index (Phi) is 4.57. The van der Waals surface area contributed by atoms with Crippen LogP contribution in [0.15, 0.2) is 42.5 Å². The van der Waals surface area contributed by atoms with E-state index in [9.17, 15) is 0 Å². The van der Waals surface area contributed by atoms with Crippen LogP contribution < -0.4 is 0 Å². The molecule has 0 aliphatic heterocycles. The van der Waals surface area contributed by atoms with Crippen LogP contribution in [0, 0.1) is 11.8 Å². The average Bonchev–Trinajstić information content (AvgIpc) is 2.49. The van der Waals surface area contributed by atoms with Gasteiger partial charge < -0.3 is 4.74 Å². The minimum absolute atomic E-state index is 0.531. The Morgan fingerprint density at radius 1 is 1.24 bits per heavy atom. The van der Waals surface area contributed by atoms with Crippen LogP contribution in [0.3, 0.4) is 0 Å². The molecule has 0 saturated heterocycles. The van der Waals surface area contributed by atoms with Crippen LogP contribution >= 0.6 is 11.6 Å². The summed E-state index contributed by atoms with van der Waals surface area (Å²) in [5, 5.41) is 1.65. The van der Waals surface area contributed by atoms with Gasteiger partial charge in [0.2, 0.25) is 0 Å². The molecule has 1 aromatic heterocycles. The Morgan fingerprint density at radius 2 is 2.05 bits per heavy atom. The van der Waals surface area contributed by atoms with Gasteiger partial charge >= 0.3 is 0 Å². The summed E-state index contributed by atoms with van der Waals surface area (Å²) in [6, 6.07) is 10.1. The normalized spacial score (nSPS) is 21.8. The third kappa shape index (κ3) is 3.45. The molecule has 0 N–H and O–H groups in total. The molecule has 1 aliphatic rings.